The van der Waals surface area contributed by atoms with Crippen LogP contribution in [0.15, 0.2) is 18.2 Å². The molecule has 2 rings (SSSR count). The zero-order valence-electron chi connectivity index (χ0n) is 10.3. The number of nitrogens with zero attached hydrogens (tertiary/aromatic N) is 1. The summed E-state index contributed by atoms with van der Waals surface area (Å²) in [6.07, 6.45) is 1.16. The van der Waals surface area contributed by atoms with Gasteiger partial charge in [-0.1, -0.05) is 6.07 Å². The number of hydrogen-bond acceptors (Lipinski definition) is 3. The molecule has 1 aromatic rings. The molecule has 1 aromatic carbocycles. The van der Waals surface area contributed by atoms with Crippen molar-refractivity contribution in [3.05, 3.63) is 29.6 Å². The number of benzene rings is 1. The highest BCUT2D eigenvalue weighted by atomic mass is 32.2. The van der Waals surface area contributed by atoms with Crippen LogP contribution in [0.1, 0.15) is 24.9 Å². The van der Waals surface area contributed by atoms with E-state index in [0.717, 1.165) is 17.9 Å². The topological polar surface area (TPSA) is 29.3 Å². The highest BCUT2D eigenvalue weighted by Gasteiger charge is 2.23. The van der Waals surface area contributed by atoms with Crippen molar-refractivity contribution in [1.82, 2.24) is 0 Å². The number of anilines is 1. The lowest BCUT2D eigenvalue weighted by atomic mass is 10.0. The van der Waals surface area contributed by atoms with Crippen molar-refractivity contribution < 1.29 is 4.39 Å². The lowest BCUT2D eigenvalue weighted by molar-refractivity contribution is 0.589. The van der Waals surface area contributed by atoms with Crippen LogP contribution in [-0.4, -0.2) is 24.6 Å². The monoisotopic (exact) mass is 254 g/mol. The second-order valence-electron chi connectivity index (χ2n) is 4.59. The Morgan fingerprint density at radius 1 is 1.53 bits per heavy atom. The standard InChI is InChI=1S/C13H19FN2S/c1-9(15)13-11(14)4-3-5-12(13)16(2)10-6-7-17-8-10/h3-5,9-10H,6-8,15H2,1-2H3/t9-,10?/m0/s1. The molecular formula is C13H19FN2S. The first-order chi connectivity index (χ1) is 8.11. The molecular weight excluding hydrogens is 235 g/mol. The summed E-state index contributed by atoms with van der Waals surface area (Å²) >= 11 is 1.96. The molecule has 1 aliphatic rings. The van der Waals surface area contributed by atoms with E-state index in [1.807, 2.05) is 31.8 Å². The third kappa shape index (κ3) is 2.58. The van der Waals surface area contributed by atoms with Gasteiger partial charge in [-0.05, 0) is 31.2 Å². The summed E-state index contributed by atoms with van der Waals surface area (Å²) in [5.74, 6) is 2.11. The summed E-state index contributed by atoms with van der Waals surface area (Å²) in [5.41, 5.74) is 7.45. The van der Waals surface area contributed by atoms with E-state index >= 15 is 0 Å². The minimum atomic E-state index is -0.275. The molecule has 0 saturated carbocycles. The Morgan fingerprint density at radius 3 is 2.88 bits per heavy atom. The van der Waals surface area contributed by atoms with Gasteiger partial charge in [-0.25, -0.2) is 4.39 Å². The first-order valence-corrected chi connectivity index (χ1v) is 7.11. The van der Waals surface area contributed by atoms with Gasteiger partial charge in [0.15, 0.2) is 0 Å². The van der Waals surface area contributed by atoms with Crippen molar-refractivity contribution in [2.45, 2.75) is 25.4 Å². The Bertz CT molecular complexity index is 389. The fourth-order valence-electron chi connectivity index (χ4n) is 2.31. The van der Waals surface area contributed by atoms with Gasteiger partial charge in [0.1, 0.15) is 5.82 Å². The van der Waals surface area contributed by atoms with Gasteiger partial charge in [0.05, 0.1) is 0 Å². The van der Waals surface area contributed by atoms with Crippen molar-refractivity contribution in [1.29, 1.82) is 0 Å². The molecule has 4 heteroatoms. The van der Waals surface area contributed by atoms with Crippen LogP contribution >= 0.6 is 11.8 Å². The van der Waals surface area contributed by atoms with E-state index in [-0.39, 0.29) is 11.9 Å². The largest absolute Gasteiger partial charge is 0.370 e. The lowest BCUT2D eigenvalue weighted by Crippen LogP contribution is -2.32. The van der Waals surface area contributed by atoms with E-state index < -0.39 is 0 Å². The molecule has 2 N–H and O–H groups in total. The van der Waals surface area contributed by atoms with Crippen LogP contribution in [0.2, 0.25) is 0 Å². The van der Waals surface area contributed by atoms with E-state index in [1.165, 1.54) is 11.8 Å². The zero-order valence-corrected chi connectivity index (χ0v) is 11.1. The van der Waals surface area contributed by atoms with Crippen LogP contribution in [0.3, 0.4) is 0 Å². The summed E-state index contributed by atoms with van der Waals surface area (Å²) in [6.45, 7) is 1.83. The Kier molecular flexibility index (Phi) is 3.94. The van der Waals surface area contributed by atoms with Crippen LogP contribution in [0, 0.1) is 5.82 Å². The Morgan fingerprint density at radius 2 is 2.29 bits per heavy atom. The molecule has 1 fully saturated rings. The fourth-order valence-corrected chi connectivity index (χ4v) is 3.58. The molecule has 1 aliphatic heterocycles. The average molecular weight is 254 g/mol. The third-order valence-electron chi connectivity index (χ3n) is 3.32. The summed E-state index contributed by atoms with van der Waals surface area (Å²) in [4.78, 5) is 2.18. The fraction of sp³-hybridized carbons (Fsp3) is 0.538. The number of halogens is 1. The number of thioether (sulfide) groups is 1. The summed E-state index contributed by atoms with van der Waals surface area (Å²) in [7, 11) is 2.04. The molecule has 0 amide bonds. The van der Waals surface area contributed by atoms with Gasteiger partial charge in [0, 0.05) is 36.1 Å². The molecule has 1 saturated heterocycles. The minimum Gasteiger partial charge on any atom is -0.370 e. The Balaban J connectivity index is 2.33. The predicted molar refractivity (Wildman–Crippen MR) is 73.1 cm³/mol. The van der Waals surface area contributed by atoms with Crippen LogP contribution in [0.5, 0.6) is 0 Å². The van der Waals surface area contributed by atoms with E-state index in [9.17, 15) is 4.39 Å². The van der Waals surface area contributed by atoms with E-state index in [4.69, 9.17) is 5.73 Å². The molecule has 0 bridgehead atoms. The van der Waals surface area contributed by atoms with Crippen molar-refractivity contribution in [3.8, 4) is 0 Å². The molecule has 0 aliphatic carbocycles. The van der Waals surface area contributed by atoms with Crippen molar-refractivity contribution >= 4 is 17.4 Å². The second-order valence-corrected chi connectivity index (χ2v) is 5.74. The highest BCUT2D eigenvalue weighted by Crippen LogP contribution is 2.31. The molecule has 94 valence electrons. The lowest BCUT2D eigenvalue weighted by Gasteiger charge is -2.29. The Hall–Kier alpha value is -0.740. The molecule has 0 aromatic heterocycles. The number of hydrogen-bond donors (Lipinski definition) is 1. The molecule has 2 nitrogen and oxygen atoms in total. The van der Waals surface area contributed by atoms with Crippen molar-refractivity contribution in [3.63, 3.8) is 0 Å². The van der Waals surface area contributed by atoms with Gasteiger partial charge >= 0.3 is 0 Å². The van der Waals surface area contributed by atoms with Crippen LogP contribution in [-0.2, 0) is 0 Å². The first-order valence-electron chi connectivity index (χ1n) is 5.96. The van der Waals surface area contributed by atoms with Crippen LogP contribution in [0.25, 0.3) is 0 Å². The van der Waals surface area contributed by atoms with Gasteiger partial charge in [-0.15, -0.1) is 0 Å². The maximum atomic E-state index is 13.8. The second kappa shape index (κ2) is 5.27. The first kappa shape index (κ1) is 12.7. The van der Waals surface area contributed by atoms with E-state index in [2.05, 4.69) is 4.90 Å². The maximum Gasteiger partial charge on any atom is 0.130 e. The highest BCUT2D eigenvalue weighted by molar-refractivity contribution is 7.99. The molecule has 1 unspecified atom stereocenters. The molecule has 0 spiro atoms. The quantitative estimate of drug-likeness (QED) is 0.899. The maximum absolute atomic E-state index is 13.8. The predicted octanol–water partition coefficient (Wildman–Crippen LogP) is 2.79. The summed E-state index contributed by atoms with van der Waals surface area (Å²) in [6, 6.07) is 5.43. The minimum absolute atomic E-state index is 0.199. The van der Waals surface area contributed by atoms with Gasteiger partial charge in [-0.3, -0.25) is 0 Å². The van der Waals surface area contributed by atoms with E-state index in [1.54, 1.807) is 6.07 Å². The summed E-state index contributed by atoms with van der Waals surface area (Å²) in [5, 5.41) is 0. The number of nitrogens with two attached hydrogens (primary N) is 1. The van der Waals surface area contributed by atoms with Gasteiger partial charge in [0.2, 0.25) is 0 Å². The molecule has 1 heterocycles. The molecule has 17 heavy (non-hydrogen) atoms. The van der Waals surface area contributed by atoms with Crippen molar-refractivity contribution in [2.24, 2.45) is 5.73 Å². The van der Waals surface area contributed by atoms with Gasteiger partial charge < -0.3 is 10.6 Å². The van der Waals surface area contributed by atoms with Crippen LogP contribution < -0.4 is 10.6 Å². The Labute approximate surface area is 106 Å². The molecule has 0 radical (unpaired) electrons. The molecule has 2 atom stereocenters. The van der Waals surface area contributed by atoms with Crippen molar-refractivity contribution in [2.75, 3.05) is 23.5 Å². The van der Waals surface area contributed by atoms with Crippen LogP contribution in [0.4, 0.5) is 10.1 Å². The average Bonchev–Trinajstić information content (AvgIpc) is 2.80. The smallest absolute Gasteiger partial charge is 0.130 e. The number of rotatable bonds is 3. The third-order valence-corrected chi connectivity index (χ3v) is 4.46. The normalized spacial score (nSPS) is 21.5. The van der Waals surface area contributed by atoms with E-state index in [0.29, 0.717) is 11.6 Å². The zero-order chi connectivity index (χ0) is 12.4. The van der Waals surface area contributed by atoms with Gasteiger partial charge in [0.25, 0.3) is 0 Å². The van der Waals surface area contributed by atoms with Gasteiger partial charge in [-0.2, -0.15) is 11.8 Å². The summed E-state index contributed by atoms with van der Waals surface area (Å²) < 4.78 is 13.8. The SMILES string of the molecule is C[C@H](N)c1c(F)cccc1N(C)C1CCSC1.